The zero-order chi connectivity index (χ0) is 8.85. The highest BCUT2D eigenvalue weighted by Gasteiger charge is 2.07. The van der Waals surface area contributed by atoms with Crippen LogP contribution in [0.5, 0.6) is 0 Å². The highest BCUT2D eigenvalue weighted by Crippen LogP contribution is 2.15. The smallest absolute Gasteiger partial charge is 0.334 e. The first-order valence-electron chi connectivity index (χ1n) is 3.21. The summed E-state index contributed by atoms with van der Waals surface area (Å²) in [5.41, 5.74) is 0.615. The summed E-state index contributed by atoms with van der Waals surface area (Å²) in [6.45, 7) is 3.93. The first kappa shape index (κ1) is 11.2. The van der Waals surface area contributed by atoms with Crippen LogP contribution in [-0.2, 0) is 9.53 Å². The topological polar surface area (TPSA) is 26.3 Å². The van der Waals surface area contributed by atoms with Crippen molar-refractivity contribution in [3.63, 3.8) is 0 Å². The molecular weight excluding hydrogens is 276 g/mol. The van der Waals surface area contributed by atoms with Crippen LogP contribution >= 0.6 is 31.9 Å². The second kappa shape index (κ2) is 5.77. The Morgan fingerprint density at radius 1 is 1.55 bits per heavy atom. The van der Waals surface area contributed by atoms with Crippen LogP contribution in [0, 0.1) is 0 Å². The maximum atomic E-state index is 11.0. The number of halogens is 2. The second-order valence-electron chi connectivity index (χ2n) is 1.88. The summed E-state index contributed by atoms with van der Waals surface area (Å²) in [6, 6.07) is 0. The van der Waals surface area contributed by atoms with E-state index in [2.05, 4.69) is 31.9 Å². The van der Waals surface area contributed by atoms with Gasteiger partial charge in [-0.1, -0.05) is 31.9 Å². The van der Waals surface area contributed by atoms with E-state index in [-0.39, 0.29) is 5.97 Å². The van der Waals surface area contributed by atoms with Crippen LogP contribution in [0.3, 0.4) is 0 Å². The molecule has 0 saturated carbocycles. The molecule has 0 spiro atoms. The molecule has 0 fully saturated rings. The molecule has 2 nitrogen and oxygen atoms in total. The lowest BCUT2D eigenvalue weighted by molar-refractivity contribution is -0.138. The SMILES string of the molecule is CCOC(=O)/C(C)=C(/Br)CBr. The van der Waals surface area contributed by atoms with Crippen LogP contribution in [0.25, 0.3) is 0 Å². The van der Waals surface area contributed by atoms with Gasteiger partial charge in [0.2, 0.25) is 0 Å². The van der Waals surface area contributed by atoms with Gasteiger partial charge in [0, 0.05) is 15.4 Å². The maximum absolute atomic E-state index is 11.0. The van der Waals surface area contributed by atoms with Crippen LogP contribution in [-0.4, -0.2) is 17.9 Å². The maximum Gasteiger partial charge on any atom is 0.334 e. The summed E-state index contributed by atoms with van der Waals surface area (Å²) < 4.78 is 5.61. The molecule has 0 N–H and O–H groups in total. The predicted molar refractivity (Wildman–Crippen MR) is 52.1 cm³/mol. The summed E-state index contributed by atoms with van der Waals surface area (Å²) in [6.07, 6.45) is 0. The molecular formula is C7H10Br2O2. The van der Waals surface area contributed by atoms with E-state index in [9.17, 15) is 4.79 Å². The third kappa shape index (κ3) is 3.91. The van der Waals surface area contributed by atoms with Crippen molar-refractivity contribution in [3.05, 3.63) is 10.1 Å². The van der Waals surface area contributed by atoms with E-state index in [0.717, 1.165) is 4.48 Å². The van der Waals surface area contributed by atoms with Gasteiger partial charge in [0.25, 0.3) is 0 Å². The average molecular weight is 286 g/mol. The lowest BCUT2D eigenvalue weighted by Gasteiger charge is -2.02. The van der Waals surface area contributed by atoms with Crippen molar-refractivity contribution in [2.24, 2.45) is 0 Å². The van der Waals surface area contributed by atoms with E-state index in [1.807, 2.05) is 0 Å². The molecule has 11 heavy (non-hydrogen) atoms. The van der Waals surface area contributed by atoms with Crippen LogP contribution in [0.15, 0.2) is 10.1 Å². The highest BCUT2D eigenvalue weighted by atomic mass is 79.9. The Morgan fingerprint density at radius 2 is 2.09 bits per heavy atom. The molecule has 0 radical (unpaired) electrons. The number of hydrogen-bond acceptors (Lipinski definition) is 2. The number of carbonyl (C=O) groups excluding carboxylic acids is 1. The molecule has 0 heterocycles. The van der Waals surface area contributed by atoms with Crippen molar-refractivity contribution in [1.82, 2.24) is 0 Å². The second-order valence-corrected chi connectivity index (χ2v) is 3.40. The number of carbonyl (C=O) groups is 1. The molecule has 0 aliphatic rings. The largest absolute Gasteiger partial charge is 0.463 e. The molecule has 0 aromatic carbocycles. The molecule has 0 aliphatic carbocycles. The van der Waals surface area contributed by atoms with Gasteiger partial charge < -0.3 is 4.74 Å². The van der Waals surface area contributed by atoms with Gasteiger partial charge in [-0.3, -0.25) is 0 Å². The quantitative estimate of drug-likeness (QED) is 0.453. The fourth-order valence-corrected chi connectivity index (χ4v) is 1.03. The monoisotopic (exact) mass is 284 g/mol. The van der Waals surface area contributed by atoms with Gasteiger partial charge in [0.15, 0.2) is 0 Å². The average Bonchev–Trinajstić information content (AvgIpc) is 2.02. The molecule has 0 unspecified atom stereocenters. The van der Waals surface area contributed by atoms with Gasteiger partial charge in [-0.25, -0.2) is 4.79 Å². The molecule has 0 aromatic heterocycles. The first-order valence-corrected chi connectivity index (χ1v) is 5.13. The van der Waals surface area contributed by atoms with Crippen molar-refractivity contribution >= 4 is 37.8 Å². The Morgan fingerprint density at radius 3 is 2.45 bits per heavy atom. The molecule has 0 atom stereocenters. The third-order valence-corrected chi connectivity index (χ3v) is 3.29. The fraction of sp³-hybridized carbons (Fsp3) is 0.571. The third-order valence-electron chi connectivity index (χ3n) is 1.11. The van der Waals surface area contributed by atoms with Crippen LogP contribution in [0.1, 0.15) is 13.8 Å². The summed E-state index contributed by atoms with van der Waals surface area (Å²) in [5, 5.41) is 0.637. The minimum absolute atomic E-state index is 0.265. The molecule has 0 bridgehead atoms. The van der Waals surface area contributed by atoms with E-state index < -0.39 is 0 Å². The van der Waals surface area contributed by atoms with Crippen LogP contribution in [0.2, 0.25) is 0 Å². The number of esters is 1. The number of alkyl halides is 1. The Labute approximate surface area is 83.2 Å². The van der Waals surface area contributed by atoms with Crippen molar-refractivity contribution in [3.8, 4) is 0 Å². The lowest BCUT2D eigenvalue weighted by atomic mass is 10.3. The van der Waals surface area contributed by atoms with Gasteiger partial charge in [-0.05, 0) is 13.8 Å². The summed E-state index contributed by atoms with van der Waals surface area (Å²) >= 11 is 6.47. The van der Waals surface area contributed by atoms with Gasteiger partial charge >= 0.3 is 5.97 Å². The number of hydrogen-bond donors (Lipinski definition) is 0. The molecule has 0 aliphatic heterocycles. The summed E-state index contributed by atoms with van der Waals surface area (Å²) in [5.74, 6) is -0.265. The van der Waals surface area contributed by atoms with E-state index in [0.29, 0.717) is 17.5 Å². The molecule has 4 heteroatoms. The highest BCUT2D eigenvalue weighted by molar-refractivity contribution is 9.13. The zero-order valence-corrected chi connectivity index (χ0v) is 9.66. The number of allylic oxidation sites excluding steroid dienone is 1. The van der Waals surface area contributed by atoms with Crippen molar-refractivity contribution in [2.45, 2.75) is 13.8 Å². The Balaban J connectivity index is 4.22. The standard InChI is InChI=1S/C7H10Br2O2/c1-3-11-7(10)5(2)6(9)4-8/h3-4H2,1-2H3/b6-5+. The van der Waals surface area contributed by atoms with Crippen molar-refractivity contribution in [1.29, 1.82) is 0 Å². The number of ether oxygens (including phenoxy) is 1. The predicted octanol–water partition coefficient (Wildman–Crippen LogP) is 2.61. The van der Waals surface area contributed by atoms with Crippen molar-refractivity contribution < 1.29 is 9.53 Å². The molecule has 64 valence electrons. The summed E-state index contributed by atoms with van der Waals surface area (Å²) in [4.78, 5) is 11.0. The lowest BCUT2D eigenvalue weighted by Crippen LogP contribution is -2.06. The normalized spacial score (nSPS) is 12.4. The van der Waals surface area contributed by atoms with Gasteiger partial charge in [-0.15, -0.1) is 0 Å². The van der Waals surface area contributed by atoms with Gasteiger partial charge in [-0.2, -0.15) is 0 Å². The minimum Gasteiger partial charge on any atom is -0.463 e. The van der Waals surface area contributed by atoms with Crippen molar-refractivity contribution in [2.75, 3.05) is 11.9 Å². The molecule has 0 amide bonds. The number of rotatable bonds is 3. The van der Waals surface area contributed by atoms with Crippen LogP contribution < -0.4 is 0 Å². The Bertz CT molecular complexity index is 175. The molecule has 0 rings (SSSR count). The minimum atomic E-state index is -0.265. The van der Waals surface area contributed by atoms with E-state index >= 15 is 0 Å². The van der Waals surface area contributed by atoms with E-state index in [1.165, 1.54) is 0 Å². The fourth-order valence-electron chi connectivity index (χ4n) is 0.450. The van der Waals surface area contributed by atoms with Gasteiger partial charge in [0.1, 0.15) is 0 Å². The molecule has 0 aromatic rings. The van der Waals surface area contributed by atoms with E-state index in [1.54, 1.807) is 13.8 Å². The Hall–Kier alpha value is 0.170. The Kier molecular flexibility index (Phi) is 5.86. The molecule has 0 saturated heterocycles. The summed E-state index contributed by atoms with van der Waals surface area (Å²) in [7, 11) is 0. The first-order chi connectivity index (χ1) is 5.13. The van der Waals surface area contributed by atoms with Crippen LogP contribution in [0.4, 0.5) is 0 Å². The van der Waals surface area contributed by atoms with Gasteiger partial charge in [0.05, 0.1) is 6.61 Å². The zero-order valence-electron chi connectivity index (χ0n) is 6.49. The van der Waals surface area contributed by atoms with E-state index in [4.69, 9.17) is 4.74 Å².